The van der Waals surface area contributed by atoms with Crippen LogP contribution < -0.4 is 10.9 Å². The van der Waals surface area contributed by atoms with E-state index in [2.05, 4.69) is 25.6 Å². The van der Waals surface area contributed by atoms with Crippen LogP contribution in [0.3, 0.4) is 0 Å². The van der Waals surface area contributed by atoms with Gasteiger partial charge in [0.1, 0.15) is 0 Å². The zero-order valence-corrected chi connectivity index (χ0v) is 17.1. The normalized spacial score (nSPS) is 11.2. The highest BCUT2D eigenvalue weighted by atomic mass is 35.5. The van der Waals surface area contributed by atoms with Crippen LogP contribution in [-0.2, 0) is 19.4 Å². The second-order valence-electron chi connectivity index (χ2n) is 6.28. The third-order valence-electron chi connectivity index (χ3n) is 4.57. The second kappa shape index (κ2) is 7.73. The number of aryl methyl sites for hydroxylation is 1. The summed E-state index contributed by atoms with van der Waals surface area (Å²) in [5.41, 5.74) is 4.32. The number of nitrogens with one attached hydrogen (secondary N) is 2. The Balaban J connectivity index is 1.56. The molecule has 4 aromatic rings. The Morgan fingerprint density at radius 1 is 1.18 bits per heavy atom. The number of nitrogens with zero attached hydrogens (tertiary/aromatic N) is 4. The lowest BCUT2D eigenvalue weighted by atomic mass is 10.0. The minimum atomic E-state index is -0.159. The SMILES string of the molecule is CCc1n[nH]c(=O)c(CNc2nn3cc(-c4ccc(Cl)cc4)nc3s2)c1CC. The summed E-state index contributed by atoms with van der Waals surface area (Å²) in [5.74, 6) is 0. The lowest BCUT2D eigenvalue weighted by molar-refractivity contribution is 0.825. The fourth-order valence-corrected chi connectivity index (χ4v) is 4.06. The topological polar surface area (TPSA) is 88.0 Å². The summed E-state index contributed by atoms with van der Waals surface area (Å²) in [6, 6.07) is 7.54. The van der Waals surface area contributed by atoms with E-state index >= 15 is 0 Å². The Hall–Kier alpha value is -2.71. The highest BCUT2D eigenvalue weighted by Crippen LogP contribution is 2.25. The average Bonchev–Trinajstić information content (AvgIpc) is 3.26. The molecule has 0 aliphatic heterocycles. The Kier molecular flexibility index (Phi) is 5.15. The molecule has 0 saturated heterocycles. The number of imidazole rings is 1. The van der Waals surface area contributed by atoms with Crippen molar-refractivity contribution in [1.29, 1.82) is 0 Å². The fourth-order valence-electron chi connectivity index (χ4n) is 3.16. The number of hydrogen-bond acceptors (Lipinski definition) is 6. The van der Waals surface area contributed by atoms with Crippen LogP contribution in [0.15, 0.2) is 35.3 Å². The van der Waals surface area contributed by atoms with E-state index < -0.39 is 0 Å². The molecule has 3 heterocycles. The van der Waals surface area contributed by atoms with Gasteiger partial charge in [0.25, 0.3) is 5.56 Å². The second-order valence-corrected chi connectivity index (χ2v) is 7.68. The van der Waals surface area contributed by atoms with Gasteiger partial charge in [0, 0.05) is 22.7 Å². The molecule has 0 atom stereocenters. The molecular formula is C19H19ClN6OS. The number of hydrogen-bond donors (Lipinski definition) is 2. The first-order valence-corrected chi connectivity index (χ1v) is 10.2. The van der Waals surface area contributed by atoms with Gasteiger partial charge < -0.3 is 5.32 Å². The highest BCUT2D eigenvalue weighted by Gasteiger charge is 2.14. The first-order chi connectivity index (χ1) is 13.6. The van der Waals surface area contributed by atoms with Gasteiger partial charge in [0.15, 0.2) is 0 Å². The number of benzene rings is 1. The molecule has 4 rings (SSSR count). The molecule has 0 aliphatic rings. The van der Waals surface area contributed by atoms with Crippen molar-refractivity contribution in [1.82, 2.24) is 24.8 Å². The molecule has 3 aromatic heterocycles. The molecule has 0 aliphatic carbocycles. The molecule has 0 fully saturated rings. The quantitative estimate of drug-likeness (QED) is 0.499. The van der Waals surface area contributed by atoms with Crippen LogP contribution in [0.1, 0.15) is 30.7 Å². The molecule has 1 aromatic carbocycles. The van der Waals surface area contributed by atoms with Gasteiger partial charge in [-0.25, -0.2) is 14.6 Å². The number of aromatic amines is 1. The molecule has 9 heteroatoms. The predicted octanol–water partition coefficient (Wildman–Crippen LogP) is 3.93. The van der Waals surface area contributed by atoms with Crippen molar-refractivity contribution in [2.45, 2.75) is 33.2 Å². The molecule has 28 heavy (non-hydrogen) atoms. The third-order valence-corrected chi connectivity index (χ3v) is 5.70. The Labute approximate surface area is 170 Å². The summed E-state index contributed by atoms with van der Waals surface area (Å²) < 4.78 is 1.74. The smallest absolute Gasteiger partial charge is 0.269 e. The Morgan fingerprint density at radius 2 is 1.96 bits per heavy atom. The lowest BCUT2D eigenvalue weighted by Crippen LogP contribution is -2.22. The van der Waals surface area contributed by atoms with Crippen LogP contribution in [0, 0.1) is 0 Å². The van der Waals surface area contributed by atoms with Crippen molar-refractivity contribution in [2.24, 2.45) is 0 Å². The standard InChI is InChI=1S/C19H19ClN6OS/c1-3-13-14(17(27)24-23-15(13)4-2)9-21-18-25-26-10-16(22-19(26)28-18)11-5-7-12(20)8-6-11/h5-8,10H,3-4,9H2,1-2H3,(H,21,25)(H,24,27). The molecule has 0 saturated carbocycles. The predicted molar refractivity (Wildman–Crippen MR) is 112 cm³/mol. The van der Waals surface area contributed by atoms with Crippen LogP contribution >= 0.6 is 22.9 Å². The van der Waals surface area contributed by atoms with E-state index in [0.29, 0.717) is 22.3 Å². The van der Waals surface area contributed by atoms with Crippen molar-refractivity contribution < 1.29 is 0 Å². The summed E-state index contributed by atoms with van der Waals surface area (Å²) in [6.07, 6.45) is 3.43. The van der Waals surface area contributed by atoms with E-state index in [-0.39, 0.29) is 5.56 Å². The number of rotatable bonds is 6. The minimum absolute atomic E-state index is 0.159. The van der Waals surface area contributed by atoms with Gasteiger partial charge in [-0.15, -0.1) is 5.10 Å². The number of fused-ring (bicyclic) bond motifs is 1. The molecule has 0 radical (unpaired) electrons. The minimum Gasteiger partial charge on any atom is -0.356 e. The summed E-state index contributed by atoms with van der Waals surface area (Å²) in [7, 11) is 0. The molecule has 0 amide bonds. The summed E-state index contributed by atoms with van der Waals surface area (Å²) in [6.45, 7) is 4.47. The van der Waals surface area contributed by atoms with Crippen LogP contribution in [0.4, 0.5) is 5.13 Å². The Bertz CT molecular complexity index is 1150. The van der Waals surface area contributed by atoms with Gasteiger partial charge in [0.2, 0.25) is 10.1 Å². The molecule has 0 spiro atoms. The first kappa shape index (κ1) is 18.6. The van der Waals surface area contributed by atoms with Crippen molar-refractivity contribution in [3.05, 3.63) is 62.7 Å². The third kappa shape index (κ3) is 3.53. The van der Waals surface area contributed by atoms with Crippen LogP contribution in [0.2, 0.25) is 5.02 Å². The van der Waals surface area contributed by atoms with E-state index in [4.69, 9.17) is 11.6 Å². The molecule has 0 unspecified atom stereocenters. The lowest BCUT2D eigenvalue weighted by Gasteiger charge is -2.10. The van der Waals surface area contributed by atoms with Gasteiger partial charge >= 0.3 is 0 Å². The van der Waals surface area contributed by atoms with E-state index in [1.165, 1.54) is 11.3 Å². The van der Waals surface area contributed by atoms with Crippen LogP contribution in [0.5, 0.6) is 0 Å². The van der Waals surface area contributed by atoms with Crippen LogP contribution in [-0.4, -0.2) is 24.8 Å². The number of anilines is 1. The zero-order valence-electron chi connectivity index (χ0n) is 15.5. The maximum atomic E-state index is 12.2. The van der Waals surface area contributed by atoms with E-state index in [1.54, 1.807) is 4.52 Å². The molecule has 0 bridgehead atoms. The van der Waals surface area contributed by atoms with E-state index in [9.17, 15) is 4.79 Å². The fraction of sp³-hybridized carbons (Fsp3) is 0.263. The summed E-state index contributed by atoms with van der Waals surface area (Å²) in [4.78, 5) is 17.6. The first-order valence-electron chi connectivity index (χ1n) is 9.04. The molecular weight excluding hydrogens is 396 g/mol. The van der Waals surface area contributed by atoms with Crippen molar-refractivity contribution in [2.75, 3.05) is 5.32 Å². The average molecular weight is 415 g/mol. The van der Waals surface area contributed by atoms with Gasteiger partial charge in [-0.2, -0.15) is 5.10 Å². The summed E-state index contributed by atoms with van der Waals surface area (Å²) in [5, 5.41) is 15.9. The molecule has 2 N–H and O–H groups in total. The highest BCUT2D eigenvalue weighted by molar-refractivity contribution is 7.20. The van der Waals surface area contributed by atoms with Crippen LogP contribution in [0.25, 0.3) is 16.2 Å². The monoisotopic (exact) mass is 414 g/mol. The maximum Gasteiger partial charge on any atom is 0.269 e. The maximum absolute atomic E-state index is 12.2. The van der Waals surface area contributed by atoms with Gasteiger partial charge in [-0.05, 0) is 30.5 Å². The van der Waals surface area contributed by atoms with Crippen molar-refractivity contribution >= 4 is 33.0 Å². The number of H-pyrrole nitrogens is 1. The molecule has 144 valence electrons. The van der Waals surface area contributed by atoms with E-state index in [1.807, 2.05) is 44.3 Å². The largest absolute Gasteiger partial charge is 0.356 e. The van der Waals surface area contributed by atoms with Gasteiger partial charge in [-0.3, -0.25) is 4.79 Å². The van der Waals surface area contributed by atoms with Crippen molar-refractivity contribution in [3.63, 3.8) is 0 Å². The Morgan fingerprint density at radius 3 is 2.64 bits per heavy atom. The molecule has 7 nitrogen and oxygen atoms in total. The van der Waals surface area contributed by atoms with Gasteiger partial charge in [-0.1, -0.05) is 48.9 Å². The zero-order chi connectivity index (χ0) is 19.7. The van der Waals surface area contributed by atoms with Crippen molar-refractivity contribution in [3.8, 4) is 11.3 Å². The summed E-state index contributed by atoms with van der Waals surface area (Å²) >= 11 is 7.38. The van der Waals surface area contributed by atoms with E-state index in [0.717, 1.165) is 40.3 Å². The number of aromatic nitrogens is 5. The van der Waals surface area contributed by atoms with Gasteiger partial charge in [0.05, 0.1) is 17.6 Å². The number of halogens is 1.